The molecule has 1 saturated carbocycles. The van der Waals surface area contributed by atoms with Gasteiger partial charge in [-0.25, -0.2) is 9.97 Å². The maximum absolute atomic E-state index is 14.0. The van der Waals surface area contributed by atoms with Crippen LogP contribution in [-0.4, -0.2) is 103 Å². The second-order valence-electron chi connectivity index (χ2n) is 14.6. The van der Waals surface area contributed by atoms with Crippen molar-refractivity contribution in [3.05, 3.63) is 95.8 Å². The molecule has 0 bridgehead atoms. The fraction of sp³-hybridized carbons (Fsp3) is 0.419. The summed E-state index contributed by atoms with van der Waals surface area (Å²) in [5.41, 5.74) is 4.57. The van der Waals surface area contributed by atoms with Gasteiger partial charge in [-0.3, -0.25) is 19.3 Å². The first-order valence-electron chi connectivity index (χ1n) is 19.7. The lowest BCUT2D eigenvalue weighted by atomic mass is 9.98. The van der Waals surface area contributed by atoms with Crippen molar-refractivity contribution in [3.63, 3.8) is 0 Å². The van der Waals surface area contributed by atoms with Gasteiger partial charge in [0.25, 0.3) is 17.7 Å². The smallest absolute Gasteiger partial charge is 0.257 e. The van der Waals surface area contributed by atoms with Crippen molar-refractivity contribution in [1.29, 1.82) is 0 Å². The van der Waals surface area contributed by atoms with E-state index in [1.807, 2.05) is 36.4 Å². The van der Waals surface area contributed by atoms with Crippen LogP contribution in [0.2, 0.25) is 0 Å². The van der Waals surface area contributed by atoms with E-state index < -0.39 is 5.91 Å². The number of hydrogen-bond donors (Lipinski definition) is 2. The van der Waals surface area contributed by atoms with E-state index in [2.05, 4.69) is 30.4 Å². The van der Waals surface area contributed by atoms with Gasteiger partial charge in [-0.05, 0) is 93.5 Å². The minimum atomic E-state index is -0.411. The summed E-state index contributed by atoms with van der Waals surface area (Å²) in [4.78, 5) is 56.3. The van der Waals surface area contributed by atoms with Crippen LogP contribution in [0.1, 0.15) is 82.4 Å². The Labute approximate surface area is 323 Å². The van der Waals surface area contributed by atoms with Crippen LogP contribution in [0.15, 0.2) is 79.1 Å². The molecule has 12 heteroatoms. The fourth-order valence-corrected chi connectivity index (χ4v) is 7.41. The summed E-state index contributed by atoms with van der Waals surface area (Å²) in [5, 5.41) is 5.98. The topological polar surface area (TPSA) is 129 Å². The lowest BCUT2D eigenvalue weighted by Crippen LogP contribution is -2.41. The number of aromatic nitrogens is 2. The van der Waals surface area contributed by atoms with Crippen molar-refractivity contribution in [2.24, 2.45) is 0 Å². The van der Waals surface area contributed by atoms with Crippen molar-refractivity contribution in [2.75, 3.05) is 75.1 Å². The molecule has 1 aromatic heterocycles. The van der Waals surface area contributed by atoms with E-state index in [4.69, 9.17) is 9.47 Å². The predicted molar refractivity (Wildman–Crippen MR) is 214 cm³/mol. The number of likely N-dealkylation sites (N-methyl/N-ethyl adjacent to an activating group) is 1. The van der Waals surface area contributed by atoms with Crippen molar-refractivity contribution in [1.82, 2.24) is 19.8 Å². The van der Waals surface area contributed by atoms with Crippen LogP contribution in [0.5, 0.6) is 5.88 Å². The average Bonchev–Trinajstić information content (AvgIpc) is 3.24. The summed E-state index contributed by atoms with van der Waals surface area (Å²) in [6.07, 6.45) is 12.7. The van der Waals surface area contributed by atoms with Gasteiger partial charge in [0.2, 0.25) is 5.88 Å². The zero-order valence-electron chi connectivity index (χ0n) is 31.7. The zero-order chi connectivity index (χ0) is 38.0. The first-order valence-corrected chi connectivity index (χ1v) is 19.7. The van der Waals surface area contributed by atoms with Gasteiger partial charge in [0.05, 0.1) is 42.6 Å². The van der Waals surface area contributed by atoms with Gasteiger partial charge in [-0.2, -0.15) is 0 Å². The number of carbonyl (C=O) groups is 3. The third kappa shape index (κ3) is 10.1. The molecule has 0 spiro atoms. The van der Waals surface area contributed by atoms with Gasteiger partial charge in [0, 0.05) is 74.4 Å². The largest absolute Gasteiger partial charge is 0.473 e. The first kappa shape index (κ1) is 38.0. The molecule has 0 atom stereocenters. The number of carbonyl (C=O) groups excluding carboxylic acids is 3. The summed E-state index contributed by atoms with van der Waals surface area (Å²) in [6.45, 7) is 6.25. The monoisotopic (exact) mass is 745 g/mol. The number of hydrogen-bond acceptors (Lipinski definition) is 9. The number of ether oxygens (including phenoxy) is 2. The Morgan fingerprint density at radius 1 is 0.800 bits per heavy atom. The van der Waals surface area contributed by atoms with Crippen LogP contribution < -0.4 is 20.3 Å². The van der Waals surface area contributed by atoms with E-state index in [-0.39, 0.29) is 17.9 Å². The molecule has 0 radical (unpaired) electrons. The molecule has 7 rings (SSSR count). The quantitative estimate of drug-likeness (QED) is 0.162. The van der Waals surface area contributed by atoms with Crippen molar-refractivity contribution < 1.29 is 23.9 Å². The number of piperidine rings is 1. The number of morpholine rings is 1. The maximum atomic E-state index is 14.0. The SMILES string of the molecule is CN(CCN1CCOCC1)C(=O)c1cccc(C(=O)Nc2ccc(N3CCCCC3)cc2C(=O)Nc2ccc(-c3cnc(OC4CCCCC4)cn3)cc2)c1. The lowest BCUT2D eigenvalue weighted by molar-refractivity contribution is 0.0338. The Bertz CT molecular complexity index is 1920. The Balaban J connectivity index is 1.03. The highest BCUT2D eigenvalue weighted by molar-refractivity contribution is 6.13. The average molecular weight is 746 g/mol. The van der Waals surface area contributed by atoms with E-state index in [0.29, 0.717) is 59.4 Å². The Morgan fingerprint density at radius 2 is 1.55 bits per heavy atom. The van der Waals surface area contributed by atoms with Gasteiger partial charge in [0.15, 0.2) is 0 Å². The first-order chi connectivity index (χ1) is 26.9. The summed E-state index contributed by atoms with van der Waals surface area (Å²) >= 11 is 0. The number of nitrogens with one attached hydrogen (secondary N) is 2. The van der Waals surface area contributed by atoms with Crippen molar-refractivity contribution >= 4 is 34.8 Å². The maximum Gasteiger partial charge on any atom is 0.257 e. The summed E-state index contributed by atoms with van der Waals surface area (Å²) in [6, 6.07) is 19.7. The van der Waals surface area contributed by atoms with E-state index in [9.17, 15) is 14.4 Å². The molecule has 3 aromatic carbocycles. The number of amides is 3. The third-order valence-electron chi connectivity index (χ3n) is 10.7. The molecule has 0 unspecified atom stereocenters. The molecular weight excluding hydrogens is 695 g/mol. The van der Waals surface area contributed by atoms with Gasteiger partial charge in [-0.15, -0.1) is 0 Å². The molecule has 3 amide bonds. The Hall–Kier alpha value is -5.33. The number of anilines is 3. The van der Waals surface area contributed by atoms with Crippen LogP contribution in [0.25, 0.3) is 11.3 Å². The predicted octanol–water partition coefficient (Wildman–Crippen LogP) is 6.75. The molecule has 4 aromatic rings. The van der Waals surface area contributed by atoms with Gasteiger partial charge in [-0.1, -0.05) is 24.6 Å². The standard InChI is InChI=1S/C43H51N7O5/c1-48(21-22-49-23-25-54-26-24-49)43(53)33-10-8-9-32(27-33)41(51)47-38-18-17-35(50-19-6-3-7-20-50)28-37(38)42(52)46-34-15-13-31(14-16-34)39-29-45-40(30-44-39)55-36-11-4-2-5-12-36/h8-10,13-18,27-30,36H,2-7,11-12,19-26H2,1H3,(H,46,52)(H,47,51). The minimum absolute atomic E-state index is 0.160. The van der Waals surface area contributed by atoms with Gasteiger partial charge >= 0.3 is 0 Å². The Kier molecular flexibility index (Phi) is 12.7. The zero-order valence-corrected chi connectivity index (χ0v) is 31.7. The highest BCUT2D eigenvalue weighted by atomic mass is 16.5. The molecule has 2 aliphatic heterocycles. The lowest BCUT2D eigenvalue weighted by Gasteiger charge is -2.29. The van der Waals surface area contributed by atoms with Crippen molar-refractivity contribution in [2.45, 2.75) is 57.5 Å². The number of benzene rings is 3. The van der Waals surface area contributed by atoms with Crippen molar-refractivity contribution in [3.8, 4) is 17.1 Å². The second-order valence-corrected chi connectivity index (χ2v) is 14.6. The summed E-state index contributed by atoms with van der Waals surface area (Å²) in [5.74, 6) is -0.381. The minimum Gasteiger partial charge on any atom is -0.473 e. The molecule has 55 heavy (non-hydrogen) atoms. The van der Waals surface area contributed by atoms with Crippen LogP contribution in [0.3, 0.4) is 0 Å². The van der Waals surface area contributed by atoms with Crippen LogP contribution >= 0.6 is 0 Å². The molecule has 3 fully saturated rings. The van der Waals surface area contributed by atoms with Gasteiger partial charge in [0.1, 0.15) is 6.10 Å². The molecule has 2 saturated heterocycles. The molecule has 12 nitrogen and oxygen atoms in total. The summed E-state index contributed by atoms with van der Waals surface area (Å²) < 4.78 is 11.5. The molecule has 2 N–H and O–H groups in total. The normalized spacial score (nSPS) is 16.6. The highest BCUT2D eigenvalue weighted by Crippen LogP contribution is 2.29. The summed E-state index contributed by atoms with van der Waals surface area (Å²) in [7, 11) is 1.77. The number of rotatable bonds is 12. The van der Waals surface area contributed by atoms with E-state index >= 15 is 0 Å². The van der Waals surface area contributed by atoms with E-state index in [1.165, 1.54) is 25.7 Å². The number of nitrogens with zero attached hydrogens (tertiary/aromatic N) is 5. The molecular formula is C43H51N7O5. The van der Waals surface area contributed by atoms with Crippen LogP contribution in [0.4, 0.5) is 17.1 Å². The Morgan fingerprint density at radius 3 is 2.29 bits per heavy atom. The van der Waals surface area contributed by atoms with Crippen LogP contribution in [0, 0.1) is 0 Å². The third-order valence-corrected chi connectivity index (χ3v) is 10.7. The molecule has 3 heterocycles. The van der Waals surface area contributed by atoms with Gasteiger partial charge < -0.3 is 29.9 Å². The molecule has 1 aliphatic carbocycles. The van der Waals surface area contributed by atoms with Crippen LogP contribution in [-0.2, 0) is 4.74 Å². The van der Waals surface area contributed by atoms with E-state index in [1.54, 1.807) is 54.7 Å². The molecule has 3 aliphatic rings. The molecule has 288 valence electrons. The highest BCUT2D eigenvalue weighted by Gasteiger charge is 2.21. The van der Waals surface area contributed by atoms with E-state index in [0.717, 1.165) is 69.7 Å². The second kappa shape index (κ2) is 18.3. The fourth-order valence-electron chi connectivity index (χ4n) is 7.41.